The largest absolute Gasteiger partial charge is 0.456 e. The third kappa shape index (κ3) is 4.29. The van der Waals surface area contributed by atoms with Gasteiger partial charge in [0.15, 0.2) is 0 Å². The maximum atomic E-state index is 11.8. The molecule has 1 N–H and O–H groups in total. The molecular weight excluding hydrogens is 362 g/mol. The molecule has 0 aromatic heterocycles. The van der Waals surface area contributed by atoms with Crippen molar-refractivity contribution in [1.29, 1.82) is 0 Å². The van der Waals surface area contributed by atoms with Crippen molar-refractivity contribution < 1.29 is 17.9 Å². The number of rotatable bonds is 4. The number of sulfonamides is 1. The highest BCUT2D eigenvalue weighted by atomic mass is 35.5. The molecule has 7 heteroatoms. The lowest BCUT2D eigenvalue weighted by Gasteiger charge is -2.10. The van der Waals surface area contributed by atoms with Gasteiger partial charge < -0.3 is 4.74 Å². The molecule has 0 unspecified atom stereocenters. The first-order valence-corrected chi connectivity index (χ1v) is 9.57. The molecule has 0 aliphatic rings. The van der Waals surface area contributed by atoms with Gasteiger partial charge in [-0.25, -0.2) is 13.1 Å². The smallest absolute Gasteiger partial charge is 0.264 e. The number of hydrogen-bond donors (Lipinski definition) is 1. The number of carbonyl (C=O) groups excluding carboxylic acids is 1. The van der Waals surface area contributed by atoms with Crippen molar-refractivity contribution in [2.24, 2.45) is 0 Å². The first kappa shape index (κ1) is 17.3. The zero-order valence-corrected chi connectivity index (χ0v) is 14.8. The van der Waals surface area contributed by atoms with Gasteiger partial charge in [-0.05, 0) is 41.1 Å². The second kappa shape index (κ2) is 6.74. The number of ether oxygens (including phenoxy) is 1. The average Bonchev–Trinajstić information content (AvgIpc) is 2.55. The van der Waals surface area contributed by atoms with Crippen LogP contribution in [0.3, 0.4) is 0 Å². The maximum absolute atomic E-state index is 11.8. The molecule has 0 bridgehead atoms. The molecule has 0 saturated heterocycles. The molecule has 0 heterocycles. The molecule has 5 nitrogen and oxygen atoms in total. The number of amides is 1. The van der Waals surface area contributed by atoms with E-state index in [-0.39, 0.29) is 10.6 Å². The average molecular weight is 376 g/mol. The Hall–Kier alpha value is -2.57. The molecule has 3 aromatic rings. The molecule has 0 radical (unpaired) electrons. The van der Waals surface area contributed by atoms with Crippen molar-refractivity contribution in [3.8, 4) is 11.5 Å². The van der Waals surface area contributed by atoms with Gasteiger partial charge in [-0.15, -0.1) is 0 Å². The molecule has 3 rings (SSSR count). The van der Waals surface area contributed by atoms with Gasteiger partial charge in [-0.3, -0.25) is 4.79 Å². The van der Waals surface area contributed by atoms with E-state index < -0.39 is 15.9 Å². The minimum Gasteiger partial charge on any atom is -0.456 e. The van der Waals surface area contributed by atoms with Crippen molar-refractivity contribution in [2.75, 3.05) is 6.26 Å². The summed E-state index contributed by atoms with van der Waals surface area (Å²) < 4.78 is 29.9. The molecule has 0 aliphatic heterocycles. The highest BCUT2D eigenvalue weighted by Crippen LogP contribution is 2.31. The highest BCUT2D eigenvalue weighted by molar-refractivity contribution is 7.89. The number of nitrogens with one attached hydrogen (secondary N) is 1. The summed E-state index contributed by atoms with van der Waals surface area (Å²) in [5.41, 5.74) is 0.126. The summed E-state index contributed by atoms with van der Waals surface area (Å²) in [4.78, 5) is 11.8. The minimum absolute atomic E-state index is 0.126. The van der Waals surface area contributed by atoms with Crippen molar-refractivity contribution in [3.63, 3.8) is 0 Å². The predicted molar refractivity (Wildman–Crippen MR) is 97.8 cm³/mol. The summed E-state index contributed by atoms with van der Waals surface area (Å²) in [5.74, 6) is 0.225. The first-order chi connectivity index (χ1) is 11.8. The van der Waals surface area contributed by atoms with Crippen LogP contribution in [0.4, 0.5) is 0 Å². The Labute approximate surface area is 150 Å². The number of fused-ring (bicyclic) bond motifs is 1. The van der Waals surface area contributed by atoms with E-state index in [4.69, 9.17) is 16.3 Å². The van der Waals surface area contributed by atoms with Crippen LogP contribution in [0, 0.1) is 0 Å². The fraction of sp³-hybridized carbons (Fsp3) is 0.0556. The molecule has 0 fully saturated rings. The topological polar surface area (TPSA) is 72.5 Å². The number of carbonyl (C=O) groups is 1. The van der Waals surface area contributed by atoms with Crippen molar-refractivity contribution in [3.05, 3.63) is 71.2 Å². The van der Waals surface area contributed by atoms with E-state index in [0.717, 1.165) is 17.0 Å². The molecule has 128 valence electrons. The first-order valence-electron chi connectivity index (χ1n) is 7.30. The van der Waals surface area contributed by atoms with Gasteiger partial charge in [0.1, 0.15) is 11.5 Å². The van der Waals surface area contributed by atoms with Crippen molar-refractivity contribution >= 4 is 38.3 Å². The molecule has 0 saturated carbocycles. The molecular formula is C18H14ClNO4S. The van der Waals surface area contributed by atoms with E-state index >= 15 is 0 Å². The molecule has 1 amide bonds. The van der Waals surface area contributed by atoms with Gasteiger partial charge in [0, 0.05) is 5.56 Å². The van der Waals surface area contributed by atoms with Crippen LogP contribution >= 0.6 is 11.6 Å². The highest BCUT2D eigenvalue weighted by Gasteiger charge is 2.13. The maximum Gasteiger partial charge on any atom is 0.264 e. The summed E-state index contributed by atoms with van der Waals surface area (Å²) in [6, 6.07) is 17.8. The minimum atomic E-state index is -3.64. The normalized spacial score (nSPS) is 11.3. The van der Waals surface area contributed by atoms with Gasteiger partial charge in [0.2, 0.25) is 10.0 Å². The van der Waals surface area contributed by atoms with Crippen LogP contribution < -0.4 is 9.46 Å². The molecule has 3 aromatic carbocycles. The van der Waals surface area contributed by atoms with Gasteiger partial charge in [-0.1, -0.05) is 41.9 Å². The Kier molecular flexibility index (Phi) is 4.65. The second-order valence-corrected chi connectivity index (χ2v) is 7.62. The lowest BCUT2D eigenvalue weighted by Crippen LogP contribution is -2.29. The number of halogens is 1. The predicted octanol–water partition coefficient (Wildman–Crippen LogP) is 3.97. The van der Waals surface area contributed by atoms with Crippen LogP contribution in [-0.2, 0) is 10.0 Å². The summed E-state index contributed by atoms with van der Waals surface area (Å²) >= 11 is 6.16. The quantitative estimate of drug-likeness (QED) is 0.748. The lowest BCUT2D eigenvalue weighted by atomic mass is 10.1. The Morgan fingerprint density at radius 1 is 1.00 bits per heavy atom. The van der Waals surface area contributed by atoms with E-state index in [0.29, 0.717) is 11.5 Å². The van der Waals surface area contributed by atoms with Crippen molar-refractivity contribution in [2.45, 2.75) is 0 Å². The third-order valence-electron chi connectivity index (χ3n) is 3.42. The monoisotopic (exact) mass is 375 g/mol. The summed E-state index contributed by atoms with van der Waals surface area (Å²) in [6.07, 6.45) is 0.906. The molecule has 0 spiro atoms. The van der Waals surface area contributed by atoms with Gasteiger partial charge in [0.05, 0.1) is 11.3 Å². The summed E-state index contributed by atoms with van der Waals surface area (Å²) in [6.45, 7) is 0. The number of hydrogen-bond acceptors (Lipinski definition) is 4. The Morgan fingerprint density at radius 2 is 1.72 bits per heavy atom. The lowest BCUT2D eigenvalue weighted by molar-refractivity contribution is 0.0981. The van der Waals surface area contributed by atoms with Gasteiger partial charge in [-0.2, -0.15) is 0 Å². The second-order valence-electron chi connectivity index (χ2n) is 5.46. The van der Waals surface area contributed by atoms with Gasteiger partial charge >= 0.3 is 0 Å². The standard InChI is InChI=1S/C18H14ClNO4S/c1-25(22,23)20-18(21)14-7-9-17(16(19)11-14)24-15-8-6-12-4-2-3-5-13(12)10-15/h2-11H,1H3,(H,20,21). The van der Waals surface area contributed by atoms with Crippen LogP contribution in [0.5, 0.6) is 11.5 Å². The SMILES string of the molecule is CS(=O)(=O)NC(=O)c1ccc(Oc2ccc3ccccc3c2)c(Cl)c1. The molecule has 0 atom stereocenters. The molecule has 0 aliphatic carbocycles. The fourth-order valence-corrected chi connectivity index (χ4v) is 2.98. The van der Waals surface area contributed by atoms with Crippen molar-refractivity contribution in [1.82, 2.24) is 4.72 Å². The van der Waals surface area contributed by atoms with E-state index in [9.17, 15) is 13.2 Å². The summed E-state index contributed by atoms with van der Waals surface area (Å²) in [5, 5.41) is 2.32. The van der Waals surface area contributed by atoms with E-state index in [2.05, 4.69) is 0 Å². The van der Waals surface area contributed by atoms with E-state index in [1.165, 1.54) is 18.2 Å². The Morgan fingerprint density at radius 3 is 2.40 bits per heavy atom. The zero-order valence-electron chi connectivity index (χ0n) is 13.2. The zero-order chi connectivity index (χ0) is 18.0. The Bertz CT molecular complexity index is 1060. The number of benzene rings is 3. The van der Waals surface area contributed by atoms with E-state index in [1.54, 1.807) is 0 Å². The van der Waals surface area contributed by atoms with Crippen LogP contribution in [0.25, 0.3) is 10.8 Å². The van der Waals surface area contributed by atoms with Gasteiger partial charge in [0.25, 0.3) is 5.91 Å². The fourth-order valence-electron chi connectivity index (χ4n) is 2.31. The third-order valence-corrected chi connectivity index (χ3v) is 4.27. The van der Waals surface area contributed by atoms with Crippen LogP contribution in [-0.4, -0.2) is 20.6 Å². The Balaban J connectivity index is 1.84. The van der Waals surface area contributed by atoms with Crippen LogP contribution in [0.1, 0.15) is 10.4 Å². The van der Waals surface area contributed by atoms with Crippen LogP contribution in [0.2, 0.25) is 5.02 Å². The van der Waals surface area contributed by atoms with Crippen LogP contribution in [0.15, 0.2) is 60.7 Å². The molecule has 25 heavy (non-hydrogen) atoms. The summed E-state index contributed by atoms with van der Waals surface area (Å²) in [7, 11) is -3.64. The van der Waals surface area contributed by atoms with E-state index in [1.807, 2.05) is 47.2 Å².